The summed E-state index contributed by atoms with van der Waals surface area (Å²) in [4.78, 5) is 93.3. The summed E-state index contributed by atoms with van der Waals surface area (Å²) in [6, 6.07) is -3.31. The maximum Gasteiger partial charge on any atom is 0.470 e. The number of carbonyl (C=O) groups is 5. The number of hydrogen-bond acceptors (Lipinski definition) is 19. The fourth-order valence-electron chi connectivity index (χ4n) is 14.7. The van der Waals surface area contributed by atoms with Gasteiger partial charge >= 0.3 is 25.7 Å². The van der Waals surface area contributed by atoms with E-state index in [2.05, 4.69) is 70.9 Å². The van der Waals surface area contributed by atoms with Crippen molar-refractivity contribution in [1.82, 2.24) is 15.5 Å². The van der Waals surface area contributed by atoms with Gasteiger partial charge in [-0.05, 0) is 64.6 Å². The number of aliphatic hydroxyl groups excluding tert-OH is 5. The Hall–Kier alpha value is -2.90. The molecule has 0 aliphatic carbocycles. The first-order valence-corrected chi connectivity index (χ1v) is 46.6. The lowest BCUT2D eigenvalue weighted by molar-refractivity contribution is -0.297. The van der Waals surface area contributed by atoms with E-state index < -0.39 is 143 Å². The van der Waals surface area contributed by atoms with Crippen molar-refractivity contribution in [2.45, 2.75) is 488 Å². The molecule has 0 aromatic rings. The van der Waals surface area contributed by atoms with Gasteiger partial charge in [0.15, 0.2) is 18.7 Å². The molecule has 2 saturated heterocycles. The topological polar surface area (TPSA) is 336 Å². The predicted octanol–water partition coefficient (Wildman–Crippen LogP) is 17.6. The minimum atomic E-state index is -5.55. The smallest absolute Gasteiger partial charge is 0.462 e. The van der Waals surface area contributed by atoms with Crippen LogP contribution in [0.1, 0.15) is 409 Å². The van der Waals surface area contributed by atoms with Crippen LogP contribution in [-0.4, -0.2) is 182 Å². The van der Waals surface area contributed by atoms with Crippen LogP contribution in [0.3, 0.4) is 0 Å². The van der Waals surface area contributed by atoms with E-state index >= 15 is 0 Å². The van der Waals surface area contributed by atoms with Gasteiger partial charge in [0.25, 0.3) is 0 Å². The third-order valence-electron chi connectivity index (χ3n) is 21.7. The van der Waals surface area contributed by atoms with Crippen LogP contribution in [0.15, 0.2) is 0 Å². The molecule has 2 aliphatic rings. The Morgan fingerprint density at radius 3 is 1.12 bits per heavy atom. The van der Waals surface area contributed by atoms with Gasteiger partial charge in [0.05, 0.1) is 38.6 Å². The summed E-state index contributed by atoms with van der Waals surface area (Å²) >= 11 is 0. The molecule has 23 nitrogen and oxygen atoms in total. The first-order valence-electron chi connectivity index (χ1n) is 45.0. The molecule has 2 amide bonds. The van der Waals surface area contributed by atoms with E-state index in [1.54, 1.807) is 0 Å². The number of unbranched alkanes of at least 4 members (excludes halogenated alkanes) is 42. The number of rotatable bonds is 72. The second kappa shape index (κ2) is 70.3. The van der Waals surface area contributed by atoms with Crippen LogP contribution in [0, 0.1) is 0 Å². The van der Waals surface area contributed by atoms with Crippen LogP contribution in [0.5, 0.6) is 0 Å². The first kappa shape index (κ1) is 105. The summed E-state index contributed by atoms with van der Waals surface area (Å²) in [5.41, 5.74) is 0. The van der Waals surface area contributed by atoms with Crippen molar-refractivity contribution in [3.8, 4) is 0 Å². The van der Waals surface area contributed by atoms with Gasteiger partial charge in [-0.15, -0.1) is 0 Å². The minimum Gasteiger partial charge on any atom is -0.462 e. The molecule has 2 rings (SSSR count). The molecule has 13 atom stereocenters. The Morgan fingerprint density at radius 1 is 0.409 bits per heavy atom. The Morgan fingerprint density at radius 2 is 0.755 bits per heavy atom. The van der Waals surface area contributed by atoms with E-state index in [0.717, 1.165) is 154 Å². The molecule has 24 heteroatoms. The van der Waals surface area contributed by atoms with E-state index in [0.29, 0.717) is 51.4 Å². The molecule has 9 N–H and O–H groups in total. The quantitative estimate of drug-likeness (QED) is 0.0118. The number of aliphatic hydroxyl groups is 5. The highest BCUT2D eigenvalue weighted by Gasteiger charge is 2.53. The number of carbonyl (C=O) groups excluding carboxylic acids is 5. The van der Waals surface area contributed by atoms with Gasteiger partial charge in [-0.3, -0.25) is 28.5 Å². The third-order valence-corrected chi connectivity index (χ3v) is 22.2. The molecule has 650 valence electrons. The van der Waals surface area contributed by atoms with Crippen LogP contribution in [0.4, 0.5) is 0 Å². The largest absolute Gasteiger partial charge is 0.470 e. The lowest BCUT2D eigenvalue weighted by Gasteiger charge is -2.46. The average Bonchev–Trinajstić information content (AvgIpc) is 0.781. The summed E-state index contributed by atoms with van der Waals surface area (Å²) in [5.74, 6) is -3.46. The lowest BCUT2D eigenvalue weighted by atomic mass is 9.95. The van der Waals surface area contributed by atoms with Gasteiger partial charge in [-0.2, -0.15) is 0 Å². The maximum absolute atomic E-state index is 14.8. The van der Waals surface area contributed by atoms with E-state index in [1.165, 1.54) is 135 Å². The maximum atomic E-state index is 14.8. The highest BCUT2D eigenvalue weighted by molar-refractivity contribution is 7.46. The van der Waals surface area contributed by atoms with Gasteiger partial charge in [0, 0.05) is 12.8 Å². The van der Waals surface area contributed by atoms with Crippen molar-refractivity contribution in [3.05, 3.63) is 0 Å². The van der Waals surface area contributed by atoms with Crippen LogP contribution in [-0.2, 0) is 61.5 Å². The standard InChI is InChI=1S/C80H151N2O20P.C6H15N/c1-6-11-16-21-26-31-32-37-42-47-52-57-71(88)98-65(55-50-45-40-35-29-24-19-14-9-4)60-72(89)101-78-74(82-69(86)59-64(54-49-44-39-34-28-23-18-13-8-3)97-70(87)56-51-46-41-36-30-25-20-15-10-5)80(100-66(61-83)77(78)102-103(93,94)95)96-62-67-75(90)76(91)73(79(92)99-67)81-68(85)58-63(84)53-48-43-38-33-27-22-17-12-7-2;1-4-7(5-2)6-3/h63-67,73-80,83-84,90-92H,6-62H2,1-5H3,(H,81,85)(H,82,86)(H2,93,94,95);4-6H2,1-3H3/t63-,64-,65-,66-,67-,73-,74-,75-,76-,77-,78-,79+,80-;/m1./s1. The zero-order chi connectivity index (χ0) is 81.3. The summed E-state index contributed by atoms with van der Waals surface area (Å²) < 4.78 is 54.7. The highest BCUT2D eigenvalue weighted by atomic mass is 31.2. The first-order chi connectivity index (χ1) is 53.1. The molecule has 0 spiro atoms. The van der Waals surface area contributed by atoms with Crippen LogP contribution in [0.2, 0.25) is 0 Å². The number of phosphoric acid groups is 1. The molecular weight excluding hydrogens is 1430 g/mol. The number of phosphoric ester groups is 1. The lowest BCUT2D eigenvalue weighted by Crippen LogP contribution is -2.67. The molecule has 2 fully saturated rings. The molecule has 110 heavy (non-hydrogen) atoms. The fourth-order valence-corrected chi connectivity index (χ4v) is 15.3. The number of nitrogens with one attached hydrogen (secondary N) is 2. The molecule has 0 aromatic carbocycles. The second-order valence-corrected chi connectivity index (χ2v) is 32.8. The summed E-state index contributed by atoms with van der Waals surface area (Å²) in [7, 11) is -5.55. The SMILES string of the molecule is CCCCCCCCCCCCCC(=O)O[C@H](CCCCCCCCCCC)CC(=O)O[C@@H]1[C@@H](NC(=O)C[C@@H](CCCCCCCCCCC)OC(=O)CCCCCCCCCCC)[C@H](OC[C@H]2O[C@H](O)[C@H](NC(=O)C[C@H](O)CCCCCCCCCCC)[C@@H](O)[C@@H]2O)O[C@H](CO)[C@H]1OP(=O)(O)O.CCN(CC)CC. The van der Waals surface area contributed by atoms with Crippen molar-refractivity contribution in [2.75, 3.05) is 32.8 Å². The summed E-state index contributed by atoms with van der Waals surface area (Å²) in [6.07, 6.45) is 31.8. The van der Waals surface area contributed by atoms with E-state index in [-0.39, 0.29) is 19.3 Å². The average molecular weight is 1590 g/mol. The van der Waals surface area contributed by atoms with Crippen molar-refractivity contribution < 1.29 is 96.8 Å². The number of ether oxygens (including phenoxy) is 6. The Balaban J connectivity index is 0.00000820. The van der Waals surface area contributed by atoms with Gasteiger partial charge in [0.2, 0.25) is 11.8 Å². The Kier molecular flexibility index (Phi) is 67.2. The normalized spacial score (nSPS) is 20.9. The van der Waals surface area contributed by atoms with Gasteiger partial charge < -0.3 is 79.3 Å². The molecule has 2 aliphatic heterocycles. The molecule has 0 radical (unpaired) electrons. The molecule has 2 heterocycles. The molecule has 0 saturated carbocycles. The molecule has 0 aromatic heterocycles. The zero-order valence-electron chi connectivity index (χ0n) is 70.8. The van der Waals surface area contributed by atoms with Crippen LogP contribution >= 0.6 is 7.82 Å². The predicted molar refractivity (Wildman–Crippen MR) is 437 cm³/mol. The van der Waals surface area contributed by atoms with Gasteiger partial charge in [0.1, 0.15) is 54.8 Å². The van der Waals surface area contributed by atoms with Gasteiger partial charge in [-0.1, -0.05) is 331 Å². The van der Waals surface area contributed by atoms with Crippen LogP contribution < -0.4 is 10.6 Å². The Labute approximate surface area is 667 Å². The molecule has 0 bridgehead atoms. The molecule has 0 unspecified atom stereocenters. The highest BCUT2D eigenvalue weighted by Crippen LogP contribution is 2.43. The van der Waals surface area contributed by atoms with Crippen molar-refractivity contribution in [1.29, 1.82) is 0 Å². The van der Waals surface area contributed by atoms with Crippen molar-refractivity contribution in [2.24, 2.45) is 0 Å². The van der Waals surface area contributed by atoms with E-state index in [9.17, 15) is 63.9 Å². The van der Waals surface area contributed by atoms with Crippen molar-refractivity contribution >= 4 is 37.5 Å². The zero-order valence-corrected chi connectivity index (χ0v) is 71.7. The number of hydrogen-bond donors (Lipinski definition) is 9. The monoisotopic (exact) mass is 1590 g/mol. The number of esters is 3. The Bertz CT molecular complexity index is 2250. The summed E-state index contributed by atoms with van der Waals surface area (Å²) in [5, 5.41) is 61.2. The number of amides is 2. The van der Waals surface area contributed by atoms with Gasteiger partial charge in [-0.25, -0.2) is 4.57 Å². The fraction of sp³-hybridized carbons (Fsp3) is 0.942. The van der Waals surface area contributed by atoms with Crippen LogP contribution in [0.25, 0.3) is 0 Å². The summed E-state index contributed by atoms with van der Waals surface area (Å²) in [6.45, 7) is 19.3. The van der Waals surface area contributed by atoms with Crippen molar-refractivity contribution in [3.63, 3.8) is 0 Å². The van der Waals surface area contributed by atoms with E-state index in [1.807, 2.05) is 0 Å². The number of nitrogens with zero attached hydrogens (tertiary/aromatic N) is 1. The van der Waals surface area contributed by atoms with E-state index in [4.69, 9.17) is 32.9 Å². The second-order valence-electron chi connectivity index (χ2n) is 31.6. The molecular formula is C86H166N3O20P. The third kappa shape index (κ3) is 54.8. The minimum absolute atomic E-state index is 0.130.